The molecular weight excluding hydrogens is 581 g/mol. The minimum atomic E-state index is -5.08. The number of likely N-dealkylation sites (tertiary alicyclic amines) is 1. The third kappa shape index (κ3) is 13.4. The van der Waals surface area contributed by atoms with Crippen LogP contribution >= 0.6 is 0 Å². The van der Waals surface area contributed by atoms with Gasteiger partial charge in [-0.1, -0.05) is 36.4 Å². The van der Waals surface area contributed by atoms with Gasteiger partial charge in [-0.15, -0.1) is 0 Å². The molecule has 0 aliphatic carbocycles. The number of carbonyl (C=O) groups is 4. The van der Waals surface area contributed by atoms with Crippen molar-refractivity contribution in [3.63, 3.8) is 0 Å². The first-order valence-corrected chi connectivity index (χ1v) is 14.4. The second-order valence-corrected chi connectivity index (χ2v) is 11.2. The van der Waals surface area contributed by atoms with Crippen LogP contribution in [0, 0.1) is 0 Å². The summed E-state index contributed by atoms with van der Waals surface area (Å²) in [6.07, 6.45) is -1.19. The van der Waals surface area contributed by atoms with Crippen LogP contribution in [0.5, 0.6) is 0 Å². The molecule has 0 radical (unpaired) electrons. The highest BCUT2D eigenvalue weighted by molar-refractivity contribution is 5.94. The number of aliphatic carboxylic acids is 1. The summed E-state index contributed by atoms with van der Waals surface area (Å²) in [5, 5.41) is 16.3. The number of alkyl halides is 3. The van der Waals surface area contributed by atoms with Crippen molar-refractivity contribution in [1.82, 2.24) is 20.9 Å². The van der Waals surface area contributed by atoms with Gasteiger partial charge in [-0.3, -0.25) is 9.59 Å². The van der Waals surface area contributed by atoms with E-state index in [0.717, 1.165) is 37.9 Å². The number of rotatable bonds is 6. The molecule has 4 rings (SSSR count). The predicted molar refractivity (Wildman–Crippen MR) is 158 cm³/mol. The number of carbonyl (C=O) groups excluding carboxylic acids is 3. The molecular formula is C31H41F3N4O6. The van der Waals surface area contributed by atoms with Crippen molar-refractivity contribution in [3.05, 3.63) is 71.8 Å². The van der Waals surface area contributed by atoms with Crippen molar-refractivity contribution < 1.29 is 42.2 Å². The van der Waals surface area contributed by atoms with Gasteiger partial charge in [-0.2, -0.15) is 13.2 Å². The molecule has 4 N–H and O–H groups in total. The number of benzene rings is 2. The van der Waals surface area contributed by atoms with Crippen LogP contribution in [0.3, 0.4) is 0 Å². The number of halogens is 3. The molecule has 242 valence electrons. The summed E-state index contributed by atoms with van der Waals surface area (Å²) in [6.45, 7) is 8.50. The van der Waals surface area contributed by atoms with Crippen LogP contribution in [-0.2, 0) is 9.53 Å². The molecule has 0 unspecified atom stereocenters. The summed E-state index contributed by atoms with van der Waals surface area (Å²) in [4.78, 5) is 46.5. The minimum Gasteiger partial charge on any atom is -0.475 e. The number of hydrogen-bond acceptors (Lipinski definition) is 6. The maximum Gasteiger partial charge on any atom is 0.490 e. The van der Waals surface area contributed by atoms with E-state index in [4.69, 9.17) is 14.6 Å². The summed E-state index contributed by atoms with van der Waals surface area (Å²) >= 11 is 0. The number of amides is 3. The van der Waals surface area contributed by atoms with Crippen LogP contribution in [0.1, 0.15) is 67.2 Å². The van der Waals surface area contributed by atoms with Crippen LogP contribution in [0.25, 0.3) is 0 Å². The van der Waals surface area contributed by atoms with Crippen molar-refractivity contribution in [1.29, 1.82) is 0 Å². The monoisotopic (exact) mass is 622 g/mol. The predicted octanol–water partition coefficient (Wildman–Crippen LogP) is 4.62. The zero-order valence-electron chi connectivity index (χ0n) is 25.2. The molecule has 13 heteroatoms. The van der Waals surface area contributed by atoms with E-state index in [1.807, 2.05) is 69.3 Å². The SMILES string of the molecule is CC(C)(C)OC(=O)N1CCC[C@H]1CNC(=O)c1ccccc1.O=C(NC[C@@H]1CCCN1)c1ccccc1.O=C(O)C(F)(F)F. The molecule has 10 nitrogen and oxygen atoms in total. The molecule has 2 aromatic rings. The number of nitrogens with zero attached hydrogens (tertiary/aromatic N) is 1. The molecule has 2 aliphatic rings. The zero-order chi connectivity index (χ0) is 32.8. The first-order valence-electron chi connectivity index (χ1n) is 14.4. The molecule has 3 amide bonds. The Morgan fingerprint density at radius 2 is 1.36 bits per heavy atom. The Morgan fingerprint density at radius 1 is 0.864 bits per heavy atom. The second-order valence-electron chi connectivity index (χ2n) is 11.2. The van der Waals surface area contributed by atoms with E-state index in [1.165, 1.54) is 6.42 Å². The Kier molecular flexibility index (Phi) is 14.1. The lowest BCUT2D eigenvalue weighted by Crippen LogP contribution is -2.45. The number of ether oxygens (including phenoxy) is 1. The van der Waals surface area contributed by atoms with Crippen LogP contribution in [0.15, 0.2) is 60.7 Å². The zero-order valence-corrected chi connectivity index (χ0v) is 25.2. The molecule has 0 bridgehead atoms. The smallest absolute Gasteiger partial charge is 0.475 e. The maximum atomic E-state index is 12.2. The molecule has 2 fully saturated rings. The minimum absolute atomic E-state index is 0.00233. The molecule has 2 aromatic carbocycles. The van der Waals surface area contributed by atoms with Gasteiger partial charge in [0.2, 0.25) is 0 Å². The summed E-state index contributed by atoms with van der Waals surface area (Å²) in [5.74, 6) is -2.85. The third-order valence-corrected chi connectivity index (χ3v) is 6.49. The summed E-state index contributed by atoms with van der Waals surface area (Å²) in [7, 11) is 0. The molecule has 44 heavy (non-hydrogen) atoms. The van der Waals surface area contributed by atoms with Gasteiger partial charge in [-0.05, 0) is 77.3 Å². The van der Waals surface area contributed by atoms with Gasteiger partial charge in [0.15, 0.2) is 0 Å². The Balaban J connectivity index is 0.000000264. The van der Waals surface area contributed by atoms with E-state index in [1.54, 1.807) is 17.0 Å². The van der Waals surface area contributed by atoms with E-state index in [9.17, 15) is 27.6 Å². The Hall–Kier alpha value is -4.13. The largest absolute Gasteiger partial charge is 0.490 e. The van der Waals surface area contributed by atoms with Crippen LogP contribution in [0.4, 0.5) is 18.0 Å². The standard InChI is InChI=1S/C17H24N2O3.C12H16N2O.C2HF3O2/c1-17(2,3)22-16(21)19-11-7-10-14(19)12-18-15(20)13-8-5-4-6-9-13;15-12(10-5-2-1-3-6-10)14-9-11-7-4-8-13-11;3-2(4,5)1(6)7/h4-6,8-9,14H,7,10-12H2,1-3H3,(H,18,20);1-3,5-6,11,13H,4,7-9H2,(H,14,15);(H,6,7)/t14-;11-;/m00./s1. The van der Waals surface area contributed by atoms with E-state index < -0.39 is 17.7 Å². The average molecular weight is 623 g/mol. The average Bonchev–Trinajstić information content (AvgIpc) is 3.67. The molecule has 0 aromatic heterocycles. The molecule has 2 aliphatic heterocycles. The number of carboxylic acids is 1. The van der Waals surface area contributed by atoms with Gasteiger partial charge in [0, 0.05) is 36.8 Å². The molecule has 2 heterocycles. The lowest BCUT2D eigenvalue weighted by Gasteiger charge is -2.28. The first-order chi connectivity index (χ1) is 20.7. The van der Waals surface area contributed by atoms with Gasteiger partial charge in [-0.25, -0.2) is 9.59 Å². The second kappa shape index (κ2) is 17.2. The van der Waals surface area contributed by atoms with Crippen LogP contribution in [0.2, 0.25) is 0 Å². The number of nitrogens with one attached hydrogen (secondary N) is 3. The summed E-state index contributed by atoms with van der Waals surface area (Å²) in [5.41, 5.74) is 0.858. The van der Waals surface area contributed by atoms with Gasteiger partial charge >= 0.3 is 18.2 Å². The molecule has 2 saturated heterocycles. The summed E-state index contributed by atoms with van der Waals surface area (Å²) in [6, 6.07) is 18.9. The Morgan fingerprint density at radius 3 is 1.80 bits per heavy atom. The Bertz CT molecular complexity index is 1200. The van der Waals surface area contributed by atoms with Gasteiger partial charge in [0.25, 0.3) is 11.8 Å². The van der Waals surface area contributed by atoms with Crippen molar-refractivity contribution in [2.24, 2.45) is 0 Å². The van der Waals surface area contributed by atoms with Crippen molar-refractivity contribution in [3.8, 4) is 0 Å². The van der Waals surface area contributed by atoms with Gasteiger partial charge < -0.3 is 30.7 Å². The highest BCUT2D eigenvalue weighted by Crippen LogP contribution is 2.20. The summed E-state index contributed by atoms with van der Waals surface area (Å²) < 4.78 is 37.2. The Labute approximate surface area is 255 Å². The highest BCUT2D eigenvalue weighted by Gasteiger charge is 2.38. The van der Waals surface area contributed by atoms with E-state index in [2.05, 4.69) is 16.0 Å². The maximum absolute atomic E-state index is 12.2. The third-order valence-electron chi connectivity index (χ3n) is 6.49. The van der Waals surface area contributed by atoms with Gasteiger partial charge in [0.05, 0.1) is 6.04 Å². The fourth-order valence-electron chi connectivity index (χ4n) is 4.35. The number of carboxylic acid groups (broad SMARTS) is 1. The fourth-order valence-corrected chi connectivity index (χ4v) is 4.35. The molecule has 0 saturated carbocycles. The van der Waals surface area contributed by atoms with Gasteiger partial charge in [0.1, 0.15) is 5.60 Å². The van der Waals surface area contributed by atoms with Crippen LogP contribution < -0.4 is 16.0 Å². The molecule has 0 spiro atoms. The first kappa shape index (κ1) is 36.1. The van der Waals surface area contributed by atoms with E-state index in [0.29, 0.717) is 24.7 Å². The molecule has 2 atom stereocenters. The topological polar surface area (TPSA) is 137 Å². The quantitative estimate of drug-likeness (QED) is 0.369. The highest BCUT2D eigenvalue weighted by atomic mass is 19.4. The normalized spacial score (nSPS) is 17.7. The van der Waals surface area contributed by atoms with Crippen LogP contribution in [-0.4, -0.2) is 83.9 Å². The van der Waals surface area contributed by atoms with Crippen molar-refractivity contribution in [2.75, 3.05) is 26.2 Å². The number of hydrogen-bond donors (Lipinski definition) is 4. The van der Waals surface area contributed by atoms with E-state index >= 15 is 0 Å². The van der Waals surface area contributed by atoms with Crippen molar-refractivity contribution in [2.45, 2.75) is 70.3 Å². The fraction of sp³-hybridized carbons (Fsp3) is 0.484. The van der Waals surface area contributed by atoms with E-state index in [-0.39, 0.29) is 23.9 Å². The lowest BCUT2D eigenvalue weighted by atomic mass is 10.2. The van der Waals surface area contributed by atoms with Crippen molar-refractivity contribution >= 4 is 23.9 Å². The lowest BCUT2D eigenvalue weighted by molar-refractivity contribution is -0.192.